The topological polar surface area (TPSA) is 80.6 Å². The quantitative estimate of drug-likeness (QED) is 0.657. The van der Waals surface area contributed by atoms with E-state index in [4.69, 9.17) is 5.41 Å². The molecule has 142 valence electrons. The van der Waals surface area contributed by atoms with E-state index in [1.165, 1.54) is 0 Å². The van der Waals surface area contributed by atoms with Crippen LogP contribution in [0.3, 0.4) is 0 Å². The zero-order valence-corrected chi connectivity index (χ0v) is 16.5. The highest BCUT2D eigenvalue weighted by atomic mass is 16.2. The highest BCUT2D eigenvalue weighted by Crippen LogP contribution is 2.33. The van der Waals surface area contributed by atoms with Gasteiger partial charge in [-0.15, -0.1) is 0 Å². The van der Waals surface area contributed by atoms with E-state index in [2.05, 4.69) is 35.9 Å². The number of carbonyl (C=O) groups is 1. The first-order valence-corrected chi connectivity index (χ1v) is 9.70. The third-order valence-corrected chi connectivity index (χ3v) is 4.60. The summed E-state index contributed by atoms with van der Waals surface area (Å²) in [5.74, 6) is 0.0453. The van der Waals surface area contributed by atoms with Crippen molar-refractivity contribution in [1.29, 1.82) is 5.41 Å². The molecule has 1 amide bonds. The van der Waals surface area contributed by atoms with Crippen molar-refractivity contribution < 1.29 is 4.79 Å². The zero-order chi connectivity index (χ0) is 19.3. The van der Waals surface area contributed by atoms with Gasteiger partial charge in [0.05, 0.1) is 22.8 Å². The predicted octanol–water partition coefficient (Wildman–Crippen LogP) is 3.65. The van der Waals surface area contributed by atoms with E-state index in [1.807, 2.05) is 37.9 Å². The smallest absolute Gasteiger partial charge is 0.240 e. The van der Waals surface area contributed by atoms with Crippen LogP contribution in [-0.2, 0) is 4.79 Å². The molecule has 2 atom stereocenters. The fourth-order valence-electron chi connectivity index (χ4n) is 3.29. The molecule has 0 aromatic rings. The summed E-state index contributed by atoms with van der Waals surface area (Å²) >= 11 is 0. The molecule has 0 aliphatic carbocycles. The summed E-state index contributed by atoms with van der Waals surface area (Å²) < 4.78 is 0. The van der Waals surface area contributed by atoms with Crippen LogP contribution < -0.4 is 10.9 Å². The molecule has 0 spiro atoms. The number of nitrogens with zero attached hydrogens (tertiary/aromatic N) is 2. The Hall–Kier alpha value is -2.21. The summed E-state index contributed by atoms with van der Waals surface area (Å²) in [6, 6.07) is 0.244. The number of carbonyl (C=O) groups excluding carboxylic acids is 1. The highest BCUT2D eigenvalue weighted by molar-refractivity contribution is 6.10. The van der Waals surface area contributed by atoms with Gasteiger partial charge in [0.15, 0.2) is 0 Å². The van der Waals surface area contributed by atoms with E-state index in [9.17, 15) is 4.79 Å². The van der Waals surface area contributed by atoms with Gasteiger partial charge < -0.3 is 5.41 Å². The number of nitrogens with one attached hydrogen (secondary N) is 3. The van der Waals surface area contributed by atoms with Gasteiger partial charge in [-0.2, -0.15) is 5.10 Å². The second kappa shape index (κ2) is 8.94. The average Bonchev–Trinajstić information content (AvgIpc) is 3.07. The van der Waals surface area contributed by atoms with Crippen molar-refractivity contribution >= 4 is 17.3 Å². The van der Waals surface area contributed by atoms with E-state index in [-0.39, 0.29) is 17.9 Å². The standard InChI is InChI=1S/C18H25N5O.C2H6/c1-4-6-14(19)15-8-7-13(16-10-12(5-2)22-23(15)16)18-11(3)9-17(24)20-21-18;1-2/h7-8,10-12,19,22H,4-6,9H2,1-3H3,(H,20,24);1-2H3. The average molecular weight is 358 g/mol. The van der Waals surface area contributed by atoms with Crippen LogP contribution in [0.4, 0.5) is 0 Å². The molecule has 6 nitrogen and oxygen atoms in total. The van der Waals surface area contributed by atoms with Gasteiger partial charge in [-0.25, -0.2) is 10.9 Å². The van der Waals surface area contributed by atoms with E-state index in [0.717, 1.165) is 41.9 Å². The van der Waals surface area contributed by atoms with Gasteiger partial charge in [-0.05, 0) is 31.1 Å². The summed E-state index contributed by atoms with van der Waals surface area (Å²) in [6.07, 6.45) is 9.35. The fourth-order valence-corrected chi connectivity index (χ4v) is 3.29. The summed E-state index contributed by atoms with van der Waals surface area (Å²) in [5.41, 5.74) is 10.6. The van der Waals surface area contributed by atoms with Gasteiger partial charge in [-0.3, -0.25) is 9.80 Å². The summed E-state index contributed by atoms with van der Waals surface area (Å²) in [5, 5.41) is 14.7. The van der Waals surface area contributed by atoms with Gasteiger partial charge in [-0.1, -0.05) is 41.0 Å². The van der Waals surface area contributed by atoms with E-state index < -0.39 is 0 Å². The van der Waals surface area contributed by atoms with Crippen molar-refractivity contribution in [1.82, 2.24) is 15.9 Å². The molecule has 6 heteroatoms. The molecule has 26 heavy (non-hydrogen) atoms. The Balaban J connectivity index is 0.00000117. The molecular weight excluding hydrogens is 326 g/mol. The van der Waals surface area contributed by atoms with Crippen LogP contribution in [0.1, 0.15) is 60.3 Å². The molecule has 0 aromatic heterocycles. The minimum atomic E-state index is -0.0366. The molecule has 0 fully saturated rings. The van der Waals surface area contributed by atoms with Crippen LogP contribution in [0.25, 0.3) is 0 Å². The molecule has 0 bridgehead atoms. The van der Waals surface area contributed by atoms with Gasteiger partial charge in [0.1, 0.15) is 0 Å². The second-order valence-electron chi connectivity index (χ2n) is 6.53. The van der Waals surface area contributed by atoms with Crippen molar-refractivity contribution in [3.8, 4) is 0 Å². The lowest BCUT2D eigenvalue weighted by Crippen LogP contribution is -2.41. The van der Waals surface area contributed by atoms with E-state index in [1.54, 1.807) is 0 Å². The molecule has 3 aliphatic heterocycles. The summed E-state index contributed by atoms with van der Waals surface area (Å²) in [7, 11) is 0. The van der Waals surface area contributed by atoms with Crippen molar-refractivity contribution in [2.24, 2.45) is 11.0 Å². The maximum atomic E-state index is 11.5. The van der Waals surface area contributed by atoms with Crippen LogP contribution in [0.15, 0.2) is 40.3 Å². The third-order valence-electron chi connectivity index (χ3n) is 4.60. The largest absolute Gasteiger partial charge is 0.303 e. The Morgan fingerprint density at radius 2 is 2.08 bits per heavy atom. The predicted molar refractivity (Wildman–Crippen MR) is 107 cm³/mol. The Kier molecular flexibility index (Phi) is 6.91. The maximum absolute atomic E-state index is 11.5. The van der Waals surface area contributed by atoms with Gasteiger partial charge in [0, 0.05) is 24.0 Å². The van der Waals surface area contributed by atoms with E-state index in [0.29, 0.717) is 12.1 Å². The SMILES string of the molecule is CC.CCCC(=N)C1=CC=C(C2=NNC(=O)CC2C)C2=CC(CC)NN12. The highest BCUT2D eigenvalue weighted by Gasteiger charge is 2.34. The number of allylic oxidation sites excluding steroid dienone is 4. The Bertz CT molecular complexity index is 686. The number of amides is 1. The molecule has 0 saturated heterocycles. The molecule has 0 aromatic carbocycles. The first kappa shape index (κ1) is 20.1. The second-order valence-corrected chi connectivity index (χ2v) is 6.53. The lowest BCUT2D eigenvalue weighted by Gasteiger charge is -2.32. The van der Waals surface area contributed by atoms with Crippen LogP contribution in [0, 0.1) is 11.3 Å². The van der Waals surface area contributed by atoms with Gasteiger partial charge in [0.25, 0.3) is 0 Å². The van der Waals surface area contributed by atoms with Crippen LogP contribution in [0.5, 0.6) is 0 Å². The molecular formula is C20H31N5O. The number of rotatable bonds is 5. The van der Waals surface area contributed by atoms with Crippen LogP contribution in [-0.4, -0.2) is 28.4 Å². The summed E-state index contributed by atoms with van der Waals surface area (Å²) in [4.78, 5) is 11.5. The number of hydrazone groups is 1. The first-order valence-electron chi connectivity index (χ1n) is 9.70. The molecule has 0 saturated carbocycles. The van der Waals surface area contributed by atoms with Gasteiger partial charge in [0.2, 0.25) is 5.91 Å². The summed E-state index contributed by atoms with van der Waals surface area (Å²) in [6.45, 7) is 10.3. The first-order chi connectivity index (χ1) is 12.5. The number of fused-ring (bicyclic) bond motifs is 1. The molecule has 0 radical (unpaired) electrons. The maximum Gasteiger partial charge on any atom is 0.240 e. The molecule has 3 heterocycles. The lowest BCUT2D eigenvalue weighted by molar-refractivity contribution is -0.121. The Morgan fingerprint density at radius 3 is 2.69 bits per heavy atom. The van der Waals surface area contributed by atoms with Crippen molar-refractivity contribution in [3.05, 3.63) is 35.2 Å². The Labute approximate surface area is 156 Å². The van der Waals surface area contributed by atoms with Crippen LogP contribution in [0.2, 0.25) is 0 Å². The molecule has 2 unspecified atom stereocenters. The Morgan fingerprint density at radius 1 is 1.35 bits per heavy atom. The molecule has 3 aliphatic rings. The normalized spacial score (nSPS) is 24.3. The third kappa shape index (κ3) is 3.96. The van der Waals surface area contributed by atoms with Crippen molar-refractivity contribution in [2.75, 3.05) is 0 Å². The minimum absolute atomic E-state index is 0.0366. The van der Waals surface area contributed by atoms with Gasteiger partial charge >= 0.3 is 0 Å². The monoisotopic (exact) mass is 357 g/mol. The molecule has 3 N–H and O–H groups in total. The van der Waals surface area contributed by atoms with Crippen molar-refractivity contribution in [2.45, 2.75) is 66.3 Å². The number of hydrogen-bond donors (Lipinski definition) is 3. The van der Waals surface area contributed by atoms with Crippen LogP contribution >= 0.6 is 0 Å². The number of hydrazine groups is 1. The van der Waals surface area contributed by atoms with E-state index >= 15 is 0 Å². The zero-order valence-electron chi connectivity index (χ0n) is 16.5. The molecule has 3 rings (SSSR count). The van der Waals surface area contributed by atoms with Crippen molar-refractivity contribution in [3.63, 3.8) is 0 Å². The number of hydrogen-bond acceptors (Lipinski definition) is 5. The lowest BCUT2D eigenvalue weighted by atomic mass is 9.89. The fraction of sp³-hybridized carbons (Fsp3) is 0.550. The minimum Gasteiger partial charge on any atom is -0.303 e.